The van der Waals surface area contributed by atoms with E-state index < -0.39 is 7.25 Å². The van der Waals surface area contributed by atoms with Crippen molar-refractivity contribution < 1.29 is 21.8 Å². The summed E-state index contributed by atoms with van der Waals surface area (Å²) in [6, 6.07) is 2.21. The van der Waals surface area contributed by atoms with E-state index in [2.05, 4.69) is 6.07 Å². The number of imidazole rings is 1. The van der Waals surface area contributed by atoms with Crippen LogP contribution >= 0.6 is 0 Å². The van der Waals surface area contributed by atoms with Crippen LogP contribution in [0.4, 0.5) is 17.3 Å². The molecule has 1 rings (SSSR count). The molecule has 0 aliphatic rings. The average Bonchev–Trinajstić information content (AvgIpc) is 2.51. The van der Waals surface area contributed by atoms with Gasteiger partial charge < -0.3 is 17.3 Å². The molecule has 1 heterocycles. The largest absolute Gasteiger partial charge is 0.673 e. The molecule has 0 radical (unpaired) electrons. The van der Waals surface area contributed by atoms with Gasteiger partial charge >= 0.3 is 7.25 Å². The van der Waals surface area contributed by atoms with Crippen LogP contribution < -0.4 is 4.57 Å². The maximum Gasteiger partial charge on any atom is 0.673 e. The molecule has 1 aromatic heterocycles. The zero-order valence-corrected chi connectivity index (χ0v) is 8.95. The van der Waals surface area contributed by atoms with Gasteiger partial charge in [-0.2, -0.15) is 5.26 Å². The molecule has 0 saturated heterocycles. The van der Waals surface area contributed by atoms with Gasteiger partial charge in [-0.25, -0.2) is 9.13 Å². The molecule has 0 aliphatic carbocycles. The van der Waals surface area contributed by atoms with Crippen LogP contribution in [-0.4, -0.2) is 11.8 Å². The minimum Gasteiger partial charge on any atom is -0.418 e. The van der Waals surface area contributed by atoms with Crippen molar-refractivity contribution in [2.45, 2.75) is 19.4 Å². The summed E-state index contributed by atoms with van der Waals surface area (Å²) in [5.74, 6) is 0. The Hall–Kier alpha value is -1.52. The first-order valence-electron chi connectivity index (χ1n) is 4.57. The minimum absolute atomic E-state index is 0.0174. The van der Waals surface area contributed by atoms with Crippen molar-refractivity contribution in [2.75, 3.05) is 0 Å². The molecule has 0 bridgehead atoms. The molecule has 0 spiro atoms. The standard InChI is InChI=1S/C8H12N3.BF4/c1-3-8(6-9)11-5-4-10(2)7-11;2-1(3,4)5/h4-5,7-8H,3H2,1-2H3;/q+1;-1. The van der Waals surface area contributed by atoms with Crippen LogP contribution in [0.1, 0.15) is 19.4 Å². The molecule has 3 nitrogen and oxygen atoms in total. The summed E-state index contributed by atoms with van der Waals surface area (Å²) in [7, 11) is -4.05. The van der Waals surface area contributed by atoms with Crippen LogP contribution in [-0.2, 0) is 7.05 Å². The number of aryl methyl sites for hydroxylation is 1. The monoisotopic (exact) mass is 237 g/mol. The second-order valence-corrected chi connectivity index (χ2v) is 3.07. The van der Waals surface area contributed by atoms with Gasteiger partial charge in [0.1, 0.15) is 18.5 Å². The van der Waals surface area contributed by atoms with Crippen molar-refractivity contribution >= 4 is 7.25 Å². The lowest BCUT2D eigenvalue weighted by Crippen LogP contribution is -2.35. The number of rotatable bonds is 2. The number of nitrogens with zero attached hydrogens (tertiary/aromatic N) is 3. The van der Waals surface area contributed by atoms with E-state index in [0.717, 1.165) is 6.42 Å². The number of hydrogen-bond donors (Lipinski definition) is 0. The molecule has 0 aromatic carbocycles. The van der Waals surface area contributed by atoms with Crippen molar-refractivity contribution in [2.24, 2.45) is 7.05 Å². The van der Waals surface area contributed by atoms with Gasteiger partial charge in [0.15, 0.2) is 6.04 Å². The molecule has 1 unspecified atom stereocenters. The summed E-state index contributed by atoms with van der Waals surface area (Å²) < 4.78 is 42.8. The average molecular weight is 237 g/mol. The molecule has 0 aliphatic heterocycles. The van der Waals surface area contributed by atoms with Crippen LogP contribution in [0, 0.1) is 11.3 Å². The normalized spacial score (nSPS) is 12.3. The molecule has 0 saturated carbocycles. The van der Waals surface area contributed by atoms with Gasteiger partial charge in [0.25, 0.3) is 0 Å². The van der Waals surface area contributed by atoms with Crippen LogP contribution in [0.3, 0.4) is 0 Å². The maximum absolute atomic E-state index is 9.75. The van der Waals surface area contributed by atoms with Gasteiger partial charge in [-0.15, -0.1) is 0 Å². The smallest absolute Gasteiger partial charge is 0.418 e. The zero-order valence-electron chi connectivity index (χ0n) is 8.95. The zero-order chi connectivity index (χ0) is 12.8. The second kappa shape index (κ2) is 6.15. The molecule has 90 valence electrons. The van der Waals surface area contributed by atoms with Gasteiger partial charge in [0.05, 0.1) is 7.05 Å². The van der Waals surface area contributed by atoms with Gasteiger partial charge in [0, 0.05) is 0 Å². The molecule has 0 fully saturated rings. The van der Waals surface area contributed by atoms with Crippen molar-refractivity contribution in [3.8, 4) is 6.07 Å². The fraction of sp³-hybridized carbons (Fsp3) is 0.500. The van der Waals surface area contributed by atoms with Crippen LogP contribution in [0.25, 0.3) is 0 Å². The lowest BCUT2D eigenvalue weighted by atomic mass is 10.2. The van der Waals surface area contributed by atoms with E-state index in [9.17, 15) is 17.3 Å². The molecule has 0 N–H and O–H groups in total. The topological polar surface area (TPSA) is 32.6 Å². The first-order chi connectivity index (χ1) is 7.27. The number of halogens is 4. The van der Waals surface area contributed by atoms with Crippen molar-refractivity contribution in [3.05, 3.63) is 18.7 Å². The highest BCUT2D eigenvalue weighted by Crippen LogP contribution is 2.06. The molecular formula is C8H12BF4N3. The fourth-order valence-corrected chi connectivity index (χ4v) is 1.02. The van der Waals surface area contributed by atoms with Gasteiger partial charge in [-0.1, -0.05) is 6.92 Å². The van der Waals surface area contributed by atoms with E-state index in [1.807, 2.05) is 41.8 Å². The Bertz CT molecular complexity index is 349. The van der Waals surface area contributed by atoms with Crippen molar-refractivity contribution in [1.29, 1.82) is 5.26 Å². The van der Waals surface area contributed by atoms with Gasteiger partial charge in [-0.05, 0) is 6.42 Å². The van der Waals surface area contributed by atoms with E-state index in [4.69, 9.17) is 5.26 Å². The van der Waals surface area contributed by atoms with E-state index in [1.54, 1.807) is 0 Å². The number of hydrogen-bond acceptors (Lipinski definition) is 1. The van der Waals surface area contributed by atoms with Gasteiger partial charge in [0.2, 0.25) is 6.33 Å². The highest BCUT2D eigenvalue weighted by atomic mass is 19.5. The van der Waals surface area contributed by atoms with Crippen LogP contribution in [0.5, 0.6) is 0 Å². The lowest BCUT2D eigenvalue weighted by molar-refractivity contribution is -0.709. The number of nitriles is 1. The summed E-state index contributed by atoms with van der Waals surface area (Å²) in [5.41, 5.74) is 0. The van der Waals surface area contributed by atoms with E-state index in [0.29, 0.717) is 0 Å². The van der Waals surface area contributed by atoms with Crippen molar-refractivity contribution in [1.82, 2.24) is 4.57 Å². The molecule has 8 heteroatoms. The Kier molecular flexibility index (Phi) is 5.57. The summed E-state index contributed by atoms with van der Waals surface area (Å²) >= 11 is 0. The quantitative estimate of drug-likeness (QED) is 0.440. The van der Waals surface area contributed by atoms with Crippen LogP contribution in [0.15, 0.2) is 18.7 Å². The molecule has 1 atom stereocenters. The SMILES string of the molecule is CCC(C#N)[n+]1ccn(C)c1.F[B-](F)(F)F. The predicted octanol–water partition coefficient (Wildman–Crippen LogP) is 2.09. The third-order valence-electron chi connectivity index (χ3n) is 1.69. The summed E-state index contributed by atoms with van der Waals surface area (Å²) in [6.07, 6.45) is 6.61. The minimum atomic E-state index is -6.00. The third-order valence-corrected chi connectivity index (χ3v) is 1.69. The Morgan fingerprint density at radius 2 is 1.94 bits per heavy atom. The predicted molar refractivity (Wildman–Crippen MR) is 50.7 cm³/mol. The Labute approximate surface area is 91.0 Å². The van der Waals surface area contributed by atoms with E-state index in [1.165, 1.54) is 0 Å². The van der Waals surface area contributed by atoms with Crippen LogP contribution in [0.2, 0.25) is 0 Å². The first kappa shape index (κ1) is 14.5. The number of aromatic nitrogens is 2. The first-order valence-corrected chi connectivity index (χ1v) is 4.57. The lowest BCUT2D eigenvalue weighted by Gasteiger charge is -1.98. The third kappa shape index (κ3) is 6.87. The highest BCUT2D eigenvalue weighted by molar-refractivity contribution is 6.50. The molecule has 16 heavy (non-hydrogen) atoms. The van der Waals surface area contributed by atoms with E-state index in [-0.39, 0.29) is 6.04 Å². The molecule has 1 aromatic rings. The highest BCUT2D eigenvalue weighted by Gasteiger charge is 2.20. The summed E-state index contributed by atoms with van der Waals surface area (Å²) in [5, 5.41) is 8.71. The van der Waals surface area contributed by atoms with Crippen molar-refractivity contribution in [3.63, 3.8) is 0 Å². The Balaban J connectivity index is 0.000000385. The van der Waals surface area contributed by atoms with Gasteiger partial charge in [-0.3, -0.25) is 0 Å². The fourth-order valence-electron chi connectivity index (χ4n) is 1.02. The molecular weight excluding hydrogens is 225 g/mol. The Morgan fingerprint density at radius 3 is 2.19 bits per heavy atom. The maximum atomic E-state index is 9.75. The summed E-state index contributed by atoms with van der Waals surface area (Å²) in [6.45, 7) is 2.01. The second-order valence-electron chi connectivity index (χ2n) is 3.07. The molecule has 0 amide bonds. The Morgan fingerprint density at radius 1 is 1.44 bits per heavy atom. The summed E-state index contributed by atoms with van der Waals surface area (Å²) in [4.78, 5) is 0. The van der Waals surface area contributed by atoms with E-state index >= 15 is 0 Å².